The molecular formula is C18H22FN3O3. The Labute approximate surface area is 145 Å². The van der Waals surface area contributed by atoms with Crippen molar-refractivity contribution in [2.24, 2.45) is 13.0 Å². The van der Waals surface area contributed by atoms with E-state index in [1.165, 1.54) is 25.3 Å². The minimum Gasteiger partial charge on any atom is -0.496 e. The summed E-state index contributed by atoms with van der Waals surface area (Å²) in [4.78, 5) is 12.5. The van der Waals surface area contributed by atoms with Crippen molar-refractivity contribution >= 4 is 5.91 Å². The Balaban J connectivity index is 1.70. The van der Waals surface area contributed by atoms with Crippen LogP contribution in [0.3, 0.4) is 0 Å². The van der Waals surface area contributed by atoms with E-state index in [4.69, 9.17) is 9.47 Å². The molecule has 3 rings (SSSR count). The van der Waals surface area contributed by atoms with Crippen LogP contribution in [0.25, 0.3) is 0 Å². The fourth-order valence-electron chi connectivity index (χ4n) is 3.22. The number of nitrogens with one attached hydrogen (secondary N) is 1. The Morgan fingerprint density at radius 1 is 1.48 bits per heavy atom. The molecule has 0 spiro atoms. The molecule has 0 unspecified atom stereocenters. The molecule has 0 saturated carbocycles. The van der Waals surface area contributed by atoms with Gasteiger partial charge in [-0.1, -0.05) is 0 Å². The molecule has 6 nitrogen and oxygen atoms in total. The maximum Gasteiger partial charge on any atom is 0.255 e. The highest BCUT2D eigenvalue weighted by Gasteiger charge is 2.30. The molecule has 25 heavy (non-hydrogen) atoms. The number of carbonyl (C=O) groups excluding carboxylic acids is 1. The van der Waals surface area contributed by atoms with Crippen LogP contribution in [0, 0.1) is 11.7 Å². The summed E-state index contributed by atoms with van der Waals surface area (Å²) in [6.07, 6.45) is 3.51. The molecule has 134 valence electrons. The Morgan fingerprint density at radius 3 is 3.04 bits per heavy atom. The smallest absolute Gasteiger partial charge is 0.255 e. The van der Waals surface area contributed by atoms with Gasteiger partial charge in [-0.25, -0.2) is 4.39 Å². The molecule has 2 atom stereocenters. The van der Waals surface area contributed by atoms with Crippen LogP contribution in [0.15, 0.2) is 30.5 Å². The van der Waals surface area contributed by atoms with Gasteiger partial charge in [0.25, 0.3) is 5.91 Å². The van der Waals surface area contributed by atoms with E-state index in [0.29, 0.717) is 18.9 Å². The molecule has 1 amide bonds. The zero-order chi connectivity index (χ0) is 17.8. The molecule has 0 aliphatic carbocycles. The zero-order valence-electron chi connectivity index (χ0n) is 14.4. The van der Waals surface area contributed by atoms with Crippen molar-refractivity contribution < 1.29 is 18.7 Å². The number of hydrogen-bond donors (Lipinski definition) is 1. The largest absolute Gasteiger partial charge is 0.496 e. The number of nitrogens with zero attached hydrogens (tertiary/aromatic N) is 2. The third-order valence-corrected chi connectivity index (χ3v) is 4.53. The predicted molar refractivity (Wildman–Crippen MR) is 89.9 cm³/mol. The molecule has 1 aromatic carbocycles. The van der Waals surface area contributed by atoms with E-state index in [1.54, 1.807) is 10.9 Å². The molecule has 1 saturated heterocycles. The molecular weight excluding hydrogens is 325 g/mol. The first-order valence-corrected chi connectivity index (χ1v) is 8.31. The minimum atomic E-state index is -0.472. The van der Waals surface area contributed by atoms with Gasteiger partial charge in [-0.05, 0) is 37.1 Å². The summed E-state index contributed by atoms with van der Waals surface area (Å²) in [5.74, 6) is -0.347. The van der Waals surface area contributed by atoms with E-state index in [9.17, 15) is 9.18 Å². The fraction of sp³-hybridized carbons (Fsp3) is 0.444. The number of methoxy groups -OCH3 is 1. The number of ether oxygens (including phenoxy) is 2. The van der Waals surface area contributed by atoms with Crippen LogP contribution in [-0.2, 0) is 11.8 Å². The molecule has 2 aromatic rings. The van der Waals surface area contributed by atoms with E-state index in [1.807, 2.05) is 13.1 Å². The summed E-state index contributed by atoms with van der Waals surface area (Å²) >= 11 is 0. The average molecular weight is 347 g/mol. The number of benzene rings is 1. The summed E-state index contributed by atoms with van der Waals surface area (Å²) in [5, 5.41) is 7.08. The van der Waals surface area contributed by atoms with Gasteiger partial charge in [0, 0.05) is 32.3 Å². The van der Waals surface area contributed by atoms with Gasteiger partial charge < -0.3 is 14.8 Å². The van der Waals surface area contributed by atoms with Gasteiger partial charge in [-0.2, -0.15) is 5.10 Å². The van der Waals surface area contributed by atoms with E-state index in [0.717, 1.165) is 18.5 Å². The van der Waals surface area contributed by atoms with Gasteiger partial charge in [0.15, 0.2) is 0 Å². The van der Waals surface area contributed by atoms with Crippen LogP contribution >= 0.6 is 0 Å². The SMILES string of the molecule is COc1ccc(F)cc1C(=O)NC[C@@H]1CCCO[C@H]1c1ccnn1C. The molecule has 1 aromatic heterocycles. The van der Waals surface area contributed by atoms with Crippen molar-refractivity contribution in [2.45, 2.75) is 18.9 Å². The van der Waals surface area contributed by atoms with E-state index in [-0.39, 0.29) is 23.5 Å². The van der Waals surface area contributed by atoms with Crippen molar-refractivity contribution in [3.8, 4) is 5.75 Å². The van der Waals surface area contributed by atoms with Crippen LogP contribution in [0.2, 0.25) is 0 Å². The summed E-state index contributed by atoms with van der Waals surface area (Å²) in [6.45, 7) is 1.13. The van der Waals surface area contributed by atoms with Crippen molar-refractivity contribution in [3.05, 3.63) is 47.5 Å². The van der Waals surface area contributed by atoms with Crippen LogP contribution in [0.4, 0.5) is 4.39 Å². The minimum absolute atomic E-state index is 0.115. The second-order valence-corrected chi connectivity index (χ2v) is 6.13. The fourth-order valence-corrected chi connectivity index (χ4v) is 3.22. The molecule has 2 heterocycles. The monoisotopic (exact) mass is 347 g/mol. The van der Waals surface area contributed by atoms with E-state index in [2.05, 4.69) is 10.4 Å². The molecule has 7 heteroatoms. The van der Waals surface area contributed by atoms with Gasteiger partial charge in [-0.15, -0.1) is 0 Å². The number of carbonyl (C=O) groups is 1. The number of amides is 1. The normalized spacial score (nSPS) is 20.3. The number of rotatable bonds is 5. The maximum absolute atomic E-state index is 13.5. The highest BCUT2D eigenvalue weighted by Crippen LogP contribution is 2.33. The van der Waals surface area contributed by atoms with Gasteiger partial charge in [0.1, 0.15) is 17.7 Å². The van der Waals surface area contributed by atoms with Gasteiger partial charge in [-0.3, -0.25) is 9.48 Å². The number of halogens is 1. The van der Waals surface area contributed by atoms with Gasteiger partial charge >= 0.3 is 0 Å². The first-order chi connectivity index (χ1) is 12.1. The van der Waals surface area contributed by atoms with Crippen LogP contribution < -0.4 is 10.1 Å². The van der Waals surface area contributed by atoms with Crippen molar-refractivity contribution in [2.75, 3.05) is 20.3 Å². The highest BCUT2D eigenvalue weighted by molar-refractivity contribution is 5.96. The third kappa shape index (κ3) is 3.82. The van der Waals surface area contributed by atoms with Crippen molar-refractivity contribution in [3.63, 3.8) is 0 Å². The van der Waals surface area contributed by atoms with Crippen LogP contribution in [0.5, 0.6) is 5.75 Å². The molecule has 1 N–H and O–H groups in total. The molecule has 1 aliphatic rings. The van der Waals surface area contributed by atoms with E-state index >= 15 is 0 Å². The average Bonchev–Trinajstić information content (AvgIpc) is 3.05. The lowest BCUT2D eigenvalue weighted by Crippen LogP contribution is -2.35. The van der Waals surface area contributed by atoms with Crippen molar-refractivity contribution in [1.82, 2.24) is 15.1 Å². The second kappa shape index (κ2) is 7.65. The van der Waals surface area contributed by atoms with Gasteiger partial charge in [0.2, 0.25) is 0 Å². The van der Waals surface area contributed by atoms with Crippen LogP contribution in [0.1, 0.15) is 35.0 Å². The standard InChI is InChI=1S/C18H22FN3O3/c1-22-15(7-8-21-22)17-12(4-3-9-25-17)11-20-18(23)14-10-13(19)5-6-16(14)24-2/h5-8,10,12,17H,3-4,9,11H2,1-2H3,(H,20,23)/t12-,17+/m0/s1. The van der Waals surface area contributed by atoms with Crippen molar-refractivity contribution in [1.29, 1.82) is 0 Å². The predicted octanol–water partition coefficient (Wildman–Crippen LogP) is 2.47. The summed E-state index contributed by atoms with van der Waals surface area (Å²) < 4.78 is 26.3. The third-order valence-electron chi connectivity index (χ3n) is 4.53. The Morgan fingerprint density at radius 2 is 2.32 bits per heavy atom. The topological polar surface area (TPSA) is 65.4 Å². The lowest BCUT2D eigenvalue weighted by molar-refractivity contribution is -0.0317. The summed E-state index contributed by atoms with van der Waals surface area (Å²) in [7, 11) is 3.33. The van der Waals surface area contributed by atoms with E-state index < -0.39 is 5.82 Å². The maximum atomic E-state index is 13.5. The number of aryl methyl sites for hydroxylation is 1. The van der Waals surface area contributed by atoms with Gasteiger partial charge in [0.05, 0.1) is 18.4 Å². The molecule has 1 aliphatic heterocycles. The lowest BCUT2D eigenvalue weighted by Gasteiger charge is -2.32. The molecule has 0 bridgehead atoms. The molecule has 0 radical (unpaired) electrons. The first kappa shape index (κ1) is 17.4. The zero-order valence-corrected chi connectivity index (χ0v) is 14.4. The Hall–Kier alpha value is -2.41. The Bertz CT molecular complexity index is 747. The Kier molecular flexibility index (Phi) is 5.33. The second-order valence-electron chi connectivity index (χ2n) is 6.13. The lowest BCUT2D eigenvalue weighted by atomic mass is 9.92. The first-order valence-electron chi connectivity index (χ1n) is 8.31. The summed E-state index contributed by atoms with van der Waals surface area (Å²) in [5.41, 5.74) is 1.18. The quantitative estimate of drug-likeness (QED) is 0.902. The number of hydrogen-bond acceptors (Lipinski definition) is 4. The molecule has 1 fully saturated rings. The highest BCUT2D eigenvalue weighted by atomic mass is 19.1. The number of aromatic nitrogens is 2. The summed E-state index contributed by atoms with van der Waals surface area (Å²) in [6, 6.07) is 5.83. The van der Waals surface area contributed by atoms with Crippen LogP contribution in [-0.4, -0.2) is 35.9 Å².